The van der Waals surface area contributed by atoms with Gasteiger partial charge in [0.25, 0.3) is 0 Å². The van der Waals surface area contributed by atoms with Crippen LogP contribution < -0.4 is 10.2 Å². The number of aryl methyl sites for hydroxylation is 1. The van der Waals surface area contributed by atoms with Gasteiger partial charge in [0.2, 0.25) is 0 Å². The zero-order chi connectivity index (χ0) is 23.3. The molecule has 4 heterocycles. The zero-order valence-corrected chi connectivity index (χ0v) is 17.3. The first-order chi connectivity index (χ1) is 15.7. The Morgan fingerprint density at radius 1 is 1.03 bits per heavy atom. The van der Waals surface area contributed by atoms with Crippen LogP contribution in [0.2, 0.25) is 0 Å². The number of pyridine rings is 3. The maximum absolute atomic E-state index is 13.4. The van der Waals surface area contributed by atoms with Gasteiger partial charge in [-0.05, 0) is 49.4 Å². The summed E-state index contributed by atoms with van der Waals surface area (Å²) >= 11 is 0. The first-order valence-electron chi connectivity index (χ1n) is 9.93. The van der Waals surface area contributed by atoms with Gasteiger partial charge in [0.05, 0.1) is 28.1 Å². The molecular formula is C24H16F3N5O. The average molecular weight is 447 g/mol. The van der Waals surface area contributed by atoms with E-state index in [-0.39, 0.29) is 11.4 Å². The van der Waals surface area contributed by atoms with Gasteiger partial charge in [-0.3, -0.25) is 14.9 Å². The summed E-state index contributed by atoms with van der Waals surface area (Å²) in [7, 11) is 0. The number of anilines is 2. The summed E-state index contributed by atoms with van der Waals surface area (Å²) in [5, 5.41) is 2.59. The highest BCUT2D eigenvalue weighted by molar-refractivity contribution is 6.14. The van der Waals surface area contributed by atoms with E-state index >= 15 is 0 Å². The molecule has 5 rings (SSSR count). The van der Waals surface area contributed by atoms with Crippen molar-refractivity contribution >= 4 is 34.1 Å². The lowest BCUT2D eigenvalue weighted by molar-refractivity contribution is -0.137. The maximum Gasteiger partial charge on any atom is 0.416 e. The highest BCUT2D eigenvalue weighted by atomic mass is 19.4. The smallest absolute Gasteiger partial charge is 0.307 e. The molecular weight excluding hydrogens is 431 g/mol. The predicted molar refractivity (Wildman–Crippen MR) is 119 cm³/mol. The normalized spacial score (nSPS) is 13.8. The standard InChI is InChI=1S/C24H16F3N5O/c1-13-6-7-15(11-28-13)19-8-9-20-21(31-19)22-18(12-29-20)14(2)30-23(33)32(22)17-5-3-4-16(10-17)24(25,26)27/h3-12H,2H2,1H3,(H,30,33). The molecule has 0 atom stereocenters. The molecule has 9 heteroatoms. The SMILES string of the molecule is C=C1NC(=O)N(c2cccc(C(F)(F)F)c2)c2c1cnc1ccc(-c3ccc(C)nc3)nc21. The van der Waals surface area contributed by atoms with Crippen molar-refractivity contribution in [3.8, 4) is 11.3 Å². The second-order valence-electron chi connectivity index (χ2n) is 7.57. The van der Waals surface area contributed by atoms with E-state index in [1.807, 2.05) is 19.1 Å². The summed E-state index contributed by atoms with van der Waals surface area (Å²) in [6, 6.07) is 11.2. The molecule has 33 heavy (non-hydrogen) atoms. The molecule has 0 unspecified atom stereocenters. The first-order valence-corrected chi connectivity index (χ1v) is 9.93. The van der Waals surface area contributed by atoms with Gasteiger partial charge in [0.15, 0.2) is 0 Å². The van der Waals surface area contributed by atoms with Crippen LogP contribution in [-0.2, 0) is 6.18 Å². The second-order valence-corrected chi connectivity index (χ2v) is 7.57. The number of urea groups is 1. The Morgan fingerprint density at radius 2 is 1.85 bits per heavy atom. The molecule has 1 aliphatic rings. The van der Waals surface area contributed by atoms with Gasteiger partial charge in [-0.2, -0.15) is 13.2 Å². The Bertz CT molecular complexity index is 1430. The number of hydrogen-bond donors (Lipinski definition) is 1. The minimum atomic E-state index is -4.56. The van der Waals surface area contributed by atoms with E-state index in [1.54, 1.807) is 18.3 Å². The number of fused-ring (bicyclic) bond motifs is 3. The Hall–Kier alpha value is -4.27. The van der Waals surface area contributed by atoms with Gasteiger partial charge in [-0.15, -0.1) is 0 Å². The number of benzene rings is 1. The summed E-state index contributed by atoms with van der Waals surface area (Å²) in [6.45, 7) is 5.74. The fraction of sp³-hybridized carbons (Fsp3) is 0.0833. The van der Waals surface area contributed by atoms with Crippen molar-refractivity contribution in [2.24, 2.45) is 0 Å². The van der Waals surface area contributed by atoms with Crippen LogP contribution in [0.4, 0.5) is 29.3 Å². The molecule has 0 fully saturated rings. The number of halogens is 3. The van der Waals surface area contributed by atoms with Gasteiger partial charge in [-0.25, -0.2) is 9.78 Å². The van der Waals surface area contributed by atoms with Crippen LogP contribution in [0, 0.1) is 6.92 Å². The molecule has 0 aliphatic carbocycles. The molecule has 1 N–H and O–H groups in total. The zero-order valence-electron chi connectivity index (χ0n) is 17.3. The number of nitrogens with zero attached hydrogens (tertiary/aromatic N) is 4. The topological polar surface area (TPSA) is 71.0 Å². The van der Waals surface area contributed by atoms with Crippen LogP contribution in [-0.4, -0.2) is 21.0 Å². The molecule has 0 radical (unpaired) electrons. The molecule has 0 bridgehead atoms. The summed E-state index contributed by atoms with van der Waals surface area (Å²) in [5.41, 5.74) is 3.29. The average Bonchev–Trinajstić information content (AvgIpc) is 2.79. The largest absolute Gasteiger partial charge is 0.416 e. The van der Waals surface area contributed by atoms with Gasteiger partial charge < -0.3 is 5.32 Å². The van der Waals surface area contributed by atoms with Crippen molar-refractivity contribution in [3.05, 3.63) is 84.3 Å². The Morgan fingerprint density at radius 3 is 2.58 bits per heavy atom. The lowest BCUT2D eigenvalue weighted by Crippen LogP contribution is -2.40. The lowest BCUT2D eigenvalue weighted by Gasteiger charge is -2.31. The number of rotatable bonds is 2. The van der Waals surface area contributed by atoms with Crippen molar-refractivity contribution < 1.29 is 18.0 Å². The molecule has 164 valence electrons. The van der Waals surface area contributed by atoms with Crippen molar-refractivity contribution in [2.45, 2.75) is 13.1 Å². The fourth-order valence-corrected chi connectivity index (χ4v) is 3.70. The number of alkyl halides is 3. The van der Waals surface area contributed by atoms with E-state index in [9.17, 15) is 18.0 Å². The molecule has 2 amide bonds. The molecule has 0 spiro atoms. The second kappa shape index (κ2) is 7.40. The fourth-order valence-electron chi connectivity index (χ4n) is 3.70. The number of aromatic nitrogens is 3. The number of hydrogen-bond acceptors (Lipinski definition) is 4. The highest BCUT2D eigenvalue weighted by Gasteiger charge is 2.34. The minimum absolute atomic E-state index is 0.0489. The van der Waals surface area contributed by atoms with Gasteiger partial charge >= 0.3 is 12.2 Å². The van der Waals surface area contributed by atoms with Crippen LogP contribution in [0.3, 0.4) is 0 Å². The molecule has 1 aromatic carbocycles. The quantitative estimate of drug-likeness (QED) is 0.418. The molecule has 6 nitrogen and oxygen atoms in total. The van der Waals surface area contributed by atoms with E-state index < -0.39 is 17.8 Å². The van der Waals surface area contributed by atoms with Crippen LogP contribution in [0.25, 0.3) is 28.0 Å². The number of carbonyl (C=O) groups excluding carboxylic acids is 1. The highest BCUT2D eigenvalue weighted by Crippen LogP contribution is 2.41. The molecule has 4 aromatic rings. The Kier molecular flexibility index (Phi) is 4.63. The van der Waals surface area contributed by atoms with Crippen molar-refractivity contribution in [3.63, 3.8) is 0 Å². The van der Waals surface area contributed by atoms with E-state index in [0.717, 1.165) is 23.4 Å². The third-order valence-corrected chi connectivity index (χ3v) is 5.33. The molecule has 0 saturated carbocycles. The van der Waals surface area contributed by atoms with Gasteiger partial charge in [-0.1, -0.05) is 12.6 Å². The van der Waals surface area contributed by atoms with Crippen LogP contribution in [0.1, 0.15) is 16.8 Å². The molecule has 0 saturated heterocycles. The van der Waals surface area contributed by atoms with Crippen LogP contribution in [0.5, 0.6) is 0 Å². The summed E-state index contributed by atoms with van der Waals surface area (Å²) < 4.78 is 40.1. The van der Waals surface area contributed by atoms with E-state index in [2.05, 4.69) is 21.9 Å². The predicted octanol–water partition coefficient (Wildman–Crippen LogP) is 5.85. The van der Waals surface area contributed by atoms with E-state index in [0.29, 0.717) is 28.0 Å². The van der Waals surface area contributed by atoms with Crippen LogP contribution >= 0.6 is 0 Å². The molecule has 1 aliphatic heterocycles. The number of amides is 2. The monoisotopic (exact) mass is 447 g/mol. The molecule has 3 aromatic heterocycles. The first kappa shape index (κ1) is 20.6. The number of carbonyl (C=O) groups is 1. The van der Waals surface area contributed by atoms with Gasteiger partial charge in [0, 0.05) is 34.9 Å². The summed E-state index contributed by atoms with van der Waals surface area (Å²) in [4.78, 5) is 27.6. The number of nitrogens with one attached hydrogen (secondary N) is 1. The maximum atomic E-state index is 13.4. The van der Waals surface area contributed by atoms with E-state index in [1.165, 1.54) is 23.2 Å². The summed E-state index contributed by atoms with van der Waals surface area (Å²) in [5.74, 6) is 0. The summed E-state index contributed by atoms with van der Waals surface area (Å²) in [6.07, 6.45) is -1.35. The minimum Gasteiger partial charge on any atom is -0.307 e. The third-order valence-electron chi connectivity index (χ3n) is 5.33. The van der Waals surface area contributed by atoms with Gasteiger partial charge in [0.1, 0.15) is 5.52 Å². The Labute approximate surface area is 186 Å². The third kappa shape index (κ3) is 3.57. The van der Waals surface area contributed by atoms with Crippen molar-refractivity contribution in [2.75, 3.05) is 4.90 Å². The van der Waals surface area contributed by atoms with Crippen molar-refractivity contribution in [1.29, 1.82) is 0 Å². The van der Waals surface area contributed by atoms with Crippen molar-refractivity contribution in [1.82, 2.24) is 20.3 Å². The van der Waals surface area contributed by atoms with E-state index in [4.69, 9.17) is 4.98 Å². The van der Waals surface area contributed by atoms with Crippen LogP contribution in [0.15, 0.2) is 67.5 Å². The Balaban J connectivity index is 1.76. The lowest BCUT2D eigenvalue weighted by atomic mass is 10.0.